The van der Waals surface area contributed by atoms with Gasteiger partial charge < -0.3 is 23.9 Å². The molecule has 0 radical (unpaired) electrons. The van der Waals surface area contributed by atoms with Crippen LogP contribution in [0.3, 0.4) is 0 Å². The molecule has 1 amide bonds. The fourth-order valence-corrected chi connectivity index (χ4v) is 3.54. The SMILES string of the molecule is CC(C)C1=C(B2OC(C)(C)C(C)(C)O2)CC(C)(C(=O)[O-])N1C(=O)OC(C)(C)C. The van der Waals surface area contributed by atoms with Gasteiger partial charge in [-0.1, -0.05) is 13.8 Å². The Labute approximate surface area is 168 Å². The van der Waals surface area contributed by atoms with E-state index in [1.54, 1.807) is 20.8 Å². The number of carboxylic acid groups (broad SMARTS) is 1. The third-order valence-electron chi connectivity index (χ3n) is 5.70. The molecule has 1 unspecified atom stereocenters. The van der Waals surface area contributed by atoms with E-state index < -0.39 is 41.5 Å². The summed E-state index contributed by atoms with van der Waals surface area (Å²) in [6.07, 6.45) is -0.659. The minimum atomic E-state index is -1.58. The highest BCUT2D eigenvalue weighted by molar-refractivity contribution is 6.55. The monoisotopic (exact) mass is 394 g/mol. The van der Waals surface area contributed by atoms with Gasteiger partial charge in [0.25, 0.3) is 0 Å². The molecule has 0 saturated carbocycles. The highest BCUT2D eigenvalue weighted by Gasteiger charge is 2.58. The zero-order valence-electron chi connectivity index (χ0n) is 18.8. The van der Waals surface area contributed by atoms with Crippen molar-refractivity contribution in [3.05, 3.63) is 11.2 Å². The number of ether oxygens (including phenoxy) is 1. The minimum Gasteiger partial charge on any atom is -0.548 e. The van der Waals surface area contributed by atoms with E-state index in [2.05, 4.69) is 0 Å². The molecule has 2 rings (SSSR count). The standard InChI is InChI=1S/C20H34BNO6/c1-12(2)14-13(21-27-18(6,7)19(8,9)28-21)11-20(10,15(23)24)22(14)16(25)26-17(3,4)5/h12H,11H2,1-10H3,(H,23,24)/p-1. The Morgan fingerprint density at radius 3 is 1.93 bits per heavy atom. The van der Waals surface area contributed by atoms with Crippen molar-refractivity contribution in [2.45, 2.75) is 98.0 Å². The number of rotatable bonds is 3. The van der Waals surface area contributed by atoms with E-state index in [1.165, 1.54) is 11.8 Å². The van der Waals surface area contributed by atoms with Crippen LogP contribution in [-0.4, -0.2) is 46.4 Å². The molecule has 0 spiro atoms. The topological polar surface area (TPSA) is 88.1 Å². The smallest absolute Gasteiger partial charge is 0.492 e. The normalized spacial score (nSPS) is 27.0. The Balaban J connectivity index is 2.57. The summed E-state index contributed by atoms with van der Waals surface area (Å²) in [6.45, 7) is 18.2. The number of carbonyl (C=O) groups is 2. The molecule has 0 aliphatic carbocycles. The van der Waals surface area contributed by atoms with Crippen LogP contribution in [0.15, 0.2) is 11.2 Å². The average molecular weight is 394 g/mol. The van der Waals surface area contributed by atoms with Gasteiger partial charge in [-0.25, -0.2) is 4.79 Å². The fourth-order valence-electron chi connectivity index (χ4n) is 3.54. The van der Waals surface area contributed by atoms with E-state index in [0.29, 0.717) is 11.2 Å². The lowest BCUT2D eigenvalue weighted by Gasteiger charge is -2.39. The second-order valence-electron chi connectivity index (χ2n) is 10.2. The van der Waals surface area contributed by atoms with Crippen LogP contribution < -0.4 is 5.11 Å². The van der Waals surface area contributed by atoms with E-state index in [1.807, 2.05) is 41.5 Å². The van der Waals surface area contributed by atoms with Crippen LogP contribution in [0.4, 0.5) is 4.79 Å². The number of hydrogen-bond donors (Lipinski definition) is 0. The Bertz CT molecular complexity index is 690. The Morgan fingerprint density at radius 1 is 1.11 bits per heavy atom. The predicted octanol–water partition coefficient (Wildman–Crippen LogP) is 2.68. The first-order chi connectivity index (χ1) is 12.4. The first kappa shape index (κ1) is 22.8. The molecule has 2 heterocycles. The lowest BCUT2D eigenvalue weighted by molar-refractivity contribution is -0.316. The third-order valence-corrected chi connectivity index (χ3v) is 5.70. The van der Waals surface area contributed by atoms with Crippen LogP contribution in [0.1, 0.15) is 75.7 Å². The van der Waals surface area contributed by atoms with E-state index in [9.17, 15) is 14.7 Å². The molecule has 28 heavy (non-hydrogen) atoms. The average Bonchev–Trinajstić information content (AvgIpc) is 2.89. The van der Waals surface area contributed by atoms with Crippen molar-refractivity contribution in [1.29, 1.82) is 0 Å². The number of carbonyl (C=O) groups excluding carboxylic acids is 2. The maximum Gasteiger partial charge on any atom is 0.492 e. The van der Waals surface area contributed by atoms with Crippen molar-refractivity contribution in [3.8, 4) is 0 Å². The van der Waals surface area contributed by atoms with E-state index in [4.69, 9.17) is 14.0 Å². The molecule has 7 nitrogen and oxygen atoms in total. The van der Waals surface area contributed by atoms with Crippen molar-refractivity contribution >= 4 is 19.2 Å². The van der Waals surface area contributed by atoms with E-state index >= 15 is 0 Å². The van der Waals surface area contributed by atoms with Gasteiger partial charge in [0.15, 0.2) is 0 Å². The van der Waals surface area contributed by atoms with Gasteiger partial charge in [0, 0.05) is 5.70 Å². The van der Waals surface area contributed by atoms with Crippen molar-refractivity contribution < 1.29 is 28.7 Å². The van der Waals surface area contributed by atoms with Gasteiger partial charge >= 0.3 is 13.2 Å². The number of allylic oxidation sites excluding steroid dienone is 1. The fraction of sp³-hybridized carbons (Fsp3) is 0.800. The van der Waals surface area contributed by atoms with Crippen molar-refractivity contribution in [2.24, 2.45) is 5.92 Å². The van der Waals surface area contributed by atoms with Crippen LogP contribution in [0.25, 0.3) is 0 Å². The highest BCUT2D eigenvalue weighted by Crippen LogP contribution is 2.47. The predicted molar refractivity (Wildman–Crippen MR) is 104 cm³/mol. The molecular formula is C20H33BNO6-. The number of carboxylic acids is 1. The second kappa shape index (κ2) is 6.77. The number of hydrogen-bond acceptors (Lipinski definition) is 6. The van der Waals surface area contributed by atoms with Gasteiger partial charge in [0.2, 0.25) is 0 Å². The summed E-state index contributed by atoms with van der Waals surface area (Å²) >= 11 is 0. The minimum absolute atomic E-state index is 0.0545. The summed E-state index contributed by atoms with van der Waals surface area (Å²) in [6, 6.07) is 0. The molecule has 2 aliphatic rings. The summed E-state index contributed by atoms with van der Waals surface area (Å²) in [5, 5.41) is 12.1. The van der Waals surface area contributed by atoms with Gasteiger partial charge in [-0.05, 0) is 73.2 Å². The summed E-state index contributed by atoms with van der Waals surface area (Å²) in [5.74, 6) is -1.49. The first-order valence-corrected chi connectivity index (χ1v) is 9.76. The van der Waals surface area contributed by atoms with Crippen LogP contribution in [0, 0.1) is 5.92 Å². The zero-order valence-corrected chi connectivity index (χ0v) is 18.8. The van der Waals surface area contributed by atoms with Crippen molar-refractivity contribution in [3.63, 3.8) is 0 Å². The van der Waals surface area contributed by atoms with Gasteiger partial charge in [-0.2, -0.15) is 0 Å². The van der Waals surface area contributed by atoms with Crippen LogP contribution in [0.5, 0.6) is 0 Å². The molecule has 0 N–H and O–H groups in total. The summed E-state index contributed by atoms with van der Waals surface area (Å²) in [7, 11) is -0.742. The number of amides is 1. The van der Waals surface area contributed by atoms with Gasteiger partial charge in [-0.3, -0.25) is 4.90 Å². The van der Waals surface area contributed by atoms with Gasteiger partial charge in [-0.15, -0.1) is 0 Å². The Morgan fingerprint density at radius 2 is 1.57 bits per heavy atom. The van der Waals surface area contributed by atoms with Crippen LogP contribution in [0.2, 0.25) is 0 Å². The lowest BCUT2D eigenvalue weighted by atomic mass is 9.72. The molecule has 1 saturated heterocycles. The molecule has 8 heteroatoms. The van der Waals surface area contributed by atoms with Crippen LogP contribution >= 0.6 is 0 Å². The summed E-state index contributed by atoms with van der Waals surface area (Å²) in [5.41, 5.74) is -2.31. The van der Waals surface area contributed by atoms with Gasteiger partial charge in [0.05, 0.1) is 22.7 Å². The number of nitrogens with zero attached hydrogens (tertiary/aromatic N) is 1. The molecule has 2 aliphatic heterocycles. The quantitative estimate of drug-likeness (QED) is 0.684. The summed E-state index contributed by atoms with van der Waals surface area (Å²) in [4.78, 5) is 26.3. The Kier molecular flexibility index (Phi) is 5.50. The van der Waals surface area contributed by atoms with Crippen molar-refractivity contribution in [1.82, 2.24) is 4.90 Å². The maximum atomic E-state index is 13.0. The number of aliphatic carboxylic acids is 1. The zero-order chi connectivity index (χ0) is 21.9. The largest absolute Gasteiger partial charge is 0.548 e. The van der Waals surface area contributed by atoms with Gasteiger partial charge in [0.1, 0.15) is 5.60 Å². The van der Waals surface area contributed by atoms with Crippen molar-refractivity contribution in [2.75, 3.05) is 0 Å². The lowest BCUT2D eigenvalue weighted by Crippen LogP contribution is -2.58. The molecule has 158 valence electrons. The first-order valence-electron chi connectivity index (χ1n) is 9.76. The third kappa shape index (κ3) is 3.81. The van der Waals surface area contributed by atoms with E-state index in [0.717, 1.165) is 0 Å². The van der Waals surface area contributed by atoms with E-state index in [-0.39, 0.29) is 12.3 Å². The van der Waals surface area contributed by atoms with Crippen LogP contribution in [-0.2, 0) is 18.8 Å². The Hall–Kier alpha value is -1.54. The maximum absolute atomic E-state index is 13.0. The molecule has 1 atom stereocenters. The molecule has 1 fully saturated rings. The molecule has 0 aromatic rings. The molecule has 0 aromatic heterocycles. The second-order valence-corrected chi connectivity index (χ2v) is 10.2. The highest BCUT2D eigenvalue weighted by atomic mass is 16.7. The molecular weight excluding hydrogens is 361 g/mol. The molecule has 0 aromatic carbocycles. The molecule has 0 bridgehead atoms. The summed E-state index contributed by atoms with van der Waals surface area (Å²) < 4.78 is 17.8.